The number of carbonyl (C=O) groups excluding carboxylic acids is 1. The summed E-state index contributed by atoms with van der Waals surface area (Å²) >= 11 is 0. The number of hydrogen-bond donors (Lipinski definition) is 1. The first kappa shape index (κ1) is 20.0. The van der Waals surface area contributed by atoms with Gasteiger partial charge >= 0.3 is 0 Å². The first-order valence-electron chi connectivity index (χ1n) is 10.5. The van der Waals surface area contributed by atoms with E-state index < -0.39 is 0 Å². The molecular weight excluding hydrogens is 374 g/mol. The van der Waals surface area contributed by atoms with Gasteiger partial charge in [-0.3, -0.25) is 4.79 Å². The number of amides is 1. The predicted octanol–water partition coefficient (Wildman–Crippen LogP) is 5.16. The van der Waals surface area contributed by atoms with Crippen molar-refractivity contribution in [2.45, 2.75) is 39.2 Å². The molecule has 0 aliphatic carbocycles. The molecule has 0 aliphatic rings. The molecule has 2 heterocycles. The Hall–Kier alpha value is -3.34. The lowest BCUT2D eigenvalue weighted by molar-refractivity contribution is 0.0925. The van der Waals surface area contributed by atoms with Crippen molar-refractivity contribution in [3.8, 4) is 0 Å². The van der Waals surface area contributed by atoms with E-state index in [-0.39, 0.29) is 5.91 Å². The van der Waals surface area contributed by atoms with Crippen molar-refractivity contribution in [3.05, 3.63) is 89.6 Å². The molecule has 4 aromatic rings. The van der Waals surface area contributed by atoms with E-state index in [2.05, 4.69) is 66.2 Å². The molecule has 0 unspecified atom stereocenters. The fraction of sp³-hybridized carbons (Fsp3) is 0.280. The molecule has 5 nitrogen and oxygen atoms in total. The first-order chi connectivity index (χ1) is 14.6. The molecule has 1 N–H and O–H groups in total. The molecule has 0 radical (unpaired) electrons. The molecule has 2 aromatic carbocycles. The van der Waals surface area contributed by atoms with Crippen LogP contribution in [0.1, 0.15) is 53.7 Å². The van der Waals surface area contributed by atoms with Gasteiger partial charge in [0.2, 0.25) is 0 Å². The lowest BCUT2D eigenvalue weighted by atomic mass is 10.0. The SMILES string of the molecule is CC(C)c1ccc(Cn2c(CCCNC(=O)c3ccco3)nc3ccccc32)cc1. The number of imidazole rings is 1. The minimum absolute atomic E-state index is 0.182. The molecule has 4 rings (SSSR count). The molecule has 0 atom stereocenters. The molecular formula is C25H27N3O2. The third-order valence-corrected chi connectivity index (χ3v) is 5.33. The van der Waals surface area contributed by atoms with Gasteiger partial charge in [-0.15, -0.1) is 0 Å². The van der Waals surface area contributed by atoms with E-state index in [1.807, 2.05) is 6.07 Å². The lowest BCUT2D eigenvalue weighted by Gasteiger charge is -2.11. The number of furan rings is 1. The van der Waals surface area contributed by atoms with E-state index in [1.54, 1.807) is 12.1 Å². The van der Waals surface area contributed by atoms with Crippen LogP contribution in [0, 0.1) is 0 Å². The smallest absolute Gasteiger partial charge is 0.286 e. The zero-order chi connectivity index (χ0) is 20.9. The number of aryl methyl sites for hydroxylation is 1. The Labute approximate surface area is 176 Å². The summed E-state index contributed by atoms with van der Waals surface area (Å²) in [5, 5.41) is 2.91. The van der Waals surface area contributed by atoms with Gasteiger partial charge in [-0.05, 0) is 47.7 Å². The van der Waals surface area contributed by atoms with Crippen molar-refractivity contribution in [2.24, 2.45) is 0 Å². The van der Waals surface area contributed by atoms with Gasteiger partial charge in [0.15, 0.2) is 5.76 Å². The van der Waals surface area contributed by atoms with Crippen molar-refractivity contribution < 1.29 is 9.21 Å². The number of nitrogens with zero attached hydrogens (tertiary/aromatic N) is 2. The number of rotatable bonds is 8. The maximum Gasteiger partial charge on any atom is 0.286 e. The van der Waals surface area contributed by atoms with Gasteiger partial charge in [0, 0.05) is 19.5 Å². The van der Waals surface area contributed by atoms with Gasteiger partial charge < -0.3 is 14.3 Å². The van der Waals surface area contributed by atoms with E-state index in [4.69, 9.17) is 9.40 Å². The van der Waals surface area contributed by atoms with E-state index in [1.165, 1.54) is 17.4 Å². The quantitative estimate of drug-likeness (QED) is 0.415. The number of hydrogen-bond acceptors (Lipinski definition) is 3. The largest absolute Gasteiger partial charge is 0.459 e. The molecule has 2 aromatic heterocycles. The number of aromatic nitrogens is 2. The highest BCUT2D eigenvalue weighted by molar-refractivity contribution is 5.91. The average Bonchev–Trinajstić information content (AvgIpc) is 3.40. The van der Waals surface area contributed by atoms with Crippen LogP contribution in [-0.4, -0.2) is 22.0 Å². The van der Waals surface area contributed by atoms with Gasteiger partial charge in [0.05, 0.1) is 17.3 Å². The van der Waals surface area contributed by atoms with Crippen LogP contribution in [0.3, 0.4) is 0 Å². The summed E-state index contributed by atoms with van der Waals surface area (Å²) in [6.07, 6.45) is 3.10. The summed E-state index contributed by atoms with van der Waals surface area (Å²) in [6.45, 7) is 5.78. The zero-order valence-electron chi connectivity index (χ0n) is 17.5. The van der Waals surface area contributed by atoms with Crippen molar-refractivity contribution in [2.75, 3.05) is 6.54 Å². The molecule has 0 bridgehead atoms. The Balaban J connectivity index is 1.46. The van der Waals surface area contributed by atoms with Crippen LogP contribution in [0.2, 0.25) is 0 Å². The molecule has 30 heavy (non-hydrogen) atoms. The molecule has 0 saturated carbocycles. The second-order valence-corrected chi connectivity index (χ2v) is 7.84. The zero-order valence-corrected chi connectivity index (χ0v) is 17.5. The third kappa shape index (κ3) is 4.46. The van der Waals surface area contributed by atoms with Crippen LogP contribution in [0.4, 0.5) is 0 Å². The average molecular weight is 402 g/mol. The van der Waals surface area contributed by atoms with E-state index in [9.17, 15) is 4.79 Å². The number of carbonyl (C=O) groups is 1. The maximum absolute atomic E-state index is 12.0. The van der Waals surface area contributed by atoms with Crippen LogP contribution in [-0.2, 0) is 13.0 Å². The Morgan fingerprint density at radius 3 is 2.60 bits per heavy atom. The van der Waals surface area contributed by atoms with Gasteiger partial charge in [-0.1, -0.05) is 50.2 Å². The molecule has 0 aliphatic heterocycles. The van der Waals surface area contributed by atoms with Crippen LogP contribution in [0.25, 0.3) is 11.0 Å². The van der Waals surface area contributed by atoms with Gasteiger partial charge in [0.25, 0.3) is 5.91 Å². The number of para-hydroxylation sites is 2. The van der Waals surface area contributed by atoms with Crippen LogP contribution < -0.4 is 5.32 Å². The highest BCUT2D eigenvalue weighted by Gasteiger charge is 2.12. The standard InChI is InChI=1S/C25H27N3O2/c1-18(2)20-13-11-19(12-14-20)17-28-22-8-4-3-7-21(22)27-24(28)10-5-15-26-25(29)23-9-6-16-30-23/h3-4,6-9,11-14,16,18H,5,10,15,17H2,1-2H3,(H,26,29). The van der Waals surface area contributed by atoms with Crippen molar-refractivity contribution >= 4 is 16.9 Å². The second kappa shape index (κ2) is 8.99. The summed E-state index contributed by atoms with van der Waals surface area (Å²) in [6, 6.07) is 20.5. The third-order valence-electron chi connectivity index (χ3n) is 5.33. The lowest BCUT2D eigenvalue weighted by Crippen LogP contribution is -2.24. The van der Waals surface area contributed by atoms with Gasteiger partial charge in [-0.25, -0.2) is 4.98 Å². The summed E-state index contributed by atoms with van der Waals surface area (Å²) in [5.74, 6) is 1.72. The first-order valence-corrected chi connectivity index (χ1v) is 10.5. The Bertz CT molecular complexity index is 1110. The highest BCUT2D eigenvalue weighted by Crippen LogP contribution is 2.20. The number of nitrogens with one attached hydrogen (secondary N) is 1. The highest BCUT2D eigenvalue weighted by atomic mass is 16.3. The number of fused-ring (bicyclic) bond motifs is 1. The molecule has 1 amide bonds. The van der Waals surface area contributed by atoms with Crippen LogP contribution in [0.15, 0.2) is 71.3 Å². The number of benzene rings is 2. The summed E-state index contributed by atoms with van der Waals surface area (Å²) in [4.78, 5) is 16.9. The van der Waals surface area contributed by atoms with Crippen molar-refractivity contribution in [3.63, 3.8) is 0 Å². The van der Waals surface area contributed by atoms with Crippen molar-refractivity contribution in [1.29, 1.82) is 0 Å². The molecule has 154 valence electrons. The van der Waals surface area contributed by atoms with Crippen LogP contribution >= 0.6 is 0 Å². The normalized spacial score (nSPS) is 11.3. The van der Waals surface area contributed by atoms with Crippen LogP contribution in [0.5, 0.6) is 0 Å². The van der Waals surface area contributed by atoms with E-state index in [0.29, 0.717) is 18.2 Å². The monoisotopic (exact) mass is 401 g/mol. The van der Waals surface area contributed by atoms with E-state index >= 15 is 0 Å². The Morgan fingerprint density at radius 1 is 1.07 bits per heavy atom. The summed E-state index contributed by atoms with van der Waals surface area (Å²) in [5.41, 5.74) is 4.75. The molecule has 0 spiro atoms. The fourth-order valence-electron chi connectivity index (χ4n) is 3.63. The molecule has 0 saturated heterocycles. The van der Waals surface area contributed by atoms with Gasteiger partial charge in [0.1, 0.15) is 5.82 Å². The summed E-state index contributed by atoms with van der Waals surface area (Å²) < 4.78 is 7.42. The Kier molecular flexibility index (Phi) is 5.98. The fourth-order valence-corrected chi connectivity index (χ4v) is 3.63. The summed E-state index contributed by atoms with van der Waals surface area (Å²) in [7, 11) is 0. The molecule has 5 heteroatoms. The minimum atomic E-state index is -0.182. The second-order valence-electron chi connectivity index (χ2n) is 7.84. The Morgan fingerprint density at radius 2 is 1.87 bits per heavy atom. The topological polar surface area (TPSA) is 60.1 Å². The predicted molar refractivity (Wildman–Crippen MR) is 119 cm³/mol. The maximum atomic E-state index is 12.0. The molecule has 0 fully saturated rings. The van der Waals surface area contributed by atoms with Crippen molar-refractivity contribution in [1.82, 2.24) is 14.9 Å². The van der Waals surface area contributed by atoms with Gasteiger partial charge in [-0.2, -0.15) is 0 Å². The minimum Gasteiger partial charge on any atom is -0.459 e. The van der Waals surface area contributed by atoms with E-state index in [0.717, 1.165) is 36.2 Å².